The van der Waals surface area contributed by atoms with Gasteiger partial charge in [-0.2, -0.15) is 0 Å². The van der Waals surface area contributed by atoms with E-state index in [1.54, 1.807) is 0 Å². The standard InChI is InChI=1S/C18H29N3O3/c1-11(2)3-15(22)20-21-16(23)10-19-17(24)18-7-12-4-13(8-18)6-14(5-12)9-18/h11-14H,3-10H2,1-2H3,(H,19,24)(H,20,22)(H,21,23). The first-order valence-corrected chi connectivity index (χ1v) is 9.22. The molecule has 0 aromatic heterocycles. The highest BCUT2D eigenvalue weighted by atomic mass is 16.2. The highest BCUT2D eigenvalue weighted by molar-refractivity contribution is 5.89. The van der Waals surface area contributed by atoms with Crippen LogP contribution in [0.15, 0.2) is 0 Å². The molecule has 4 saturated carbocycles. The minimum Gasteiger partial charge on any atom is -0.346 e. The third kappa shape index (κ3) is 3.73. The fraction of sp³-hybridized carbons (Fsp3) is 0.833. The summed E-state index contributed by atoms with van der Waals surface area (Å²) in [6, 6.07) is 0. The summed E-state index contributed by atoms with van der Waals surface area (Å²) < 4.78 is 0. The number of carbonyl (C=O) groups is 3. The zero-order valence-corrected chi connectivity index (χ0v) is 14.7. The third-order valence-corrected chi connectivity index (χ3v) is 5.86. The zero-order valence-electron chi connectivity index (χ0n) is 14.7. The van der Waals surface area contributed by atoms with E-state index in [0.29, 0.717) is 24.2 Å². The summed E-state index contributed by atoms with van der Waals surface area (Å²) in [6.07, 6.45) is 7.17. The molecular formula is C18H29N3O3. The lowest BCUT2D eigenvalue weighted by Crippen LogP contribution is -2.55. The van der Waals surface area contributed by atoms with Gasteiger partial charge in [0.05, 0.1) is 6.54 Å². The van der Waals surface area contributed by atoms with E-state index in [2.05, 4.69) is 16.2 Å². The molecule has 0 unspecified atom stereocenters. The van der Waals surface area contributed by atoms with Crippen LogP contribution in [-0.2, 0) is 14.4 Å². The van der Waals surface area contributed by atoms with Gasteiger partial charge in [0.2, 0.25) is 11.8 Å². The Labute approximate surface area is 143 Å². The van der Waals surface area contributed by atoms with Gasteiger partial charge < -0.3 is 5.32 Å². The van der Waals surface area contributed by atoms with E-state index in [1.165, 1.54) is 19.3 Å². The van der Waals surface area contributed by atoms with Crippen LogP contribution in [0.5, 0.6) is 0 Å². The predicted octanol–water partition coefficient (Wildman–Crippen LogP) is 1.51. The van der Waals surface area contributed by atoms with Crippen molar-refractivity contribution in [3.05, 3.63) is 0 Å². The lowest BCUT2D eigenvalue weighted by atomic mass is 9.49. The van der Waals surface area contributed by atoms with Gasteiger partial charge in [-0.3, -0.25) is 25.2 Å². The maximum absolute atomic E-state index is 12.7. The van der Waals surface area contributed by atoms with Gasteiger partial charge in [0.15, 0.2) is 0 Å². The van der Waals surface area contributed by atoms with Crippen molar-refractivity contribution in [3.8, 4) is 0 Å². The fourth-order valence-corrected chi connectivity index (χ4v) is 5.34. The Morgan fingerprint density at radius 3 is 1.92 bits per heavy atom. The van der Waals surface area contributed by atoms with Gasteiger partial charge in [0.1, 0.15) is 0 Å². The molecule has 0 atom stereocenters. The minimum absolute atomic E-state index is 0.0326. The van der Waals surface area contributed by atoms with Crippen molar-refractivity contribution in [1.29, 1.82) is 0 Å². The second kappa shape index (κ2) is 6.73. The van der Waals surface area contributed by atoms with Crippen molar-refractivity contribution in [2.45, 2.75) is 58.8 Å². The number of hydrazine groups is 1. The molecule has 4 bridgehead atoms. The molecular weight excluding hydrogens is 306 g/mol. The Hall–Kier alpha value is -1.59. The summed E-state index contributed by atoms with van der Waals surface area (Å²) >= 11 is 0. The average Bonchev–Trinajstić information content (AvgIpc) is 2.48. The summed E-state index contributed by atoms with van der Waals surface area (Å²) in [5, 5.41) is 2.80. The first-order chi connectivity index (χ1) is 11.4. The molecule has 3 amide bonds. The normalized spacial score (nSPS) is 33.4. The van der Waals surface area contributed by atoms with E-state index in [0.717, 1.165) is 19.3 Å². The number of carbonyl (C=O) groups excluding carboxylic acids is 3. The van der Waals surface area contributed by atoms with Crippen LogP contribution in [0.4, 0.5) is 0 Å². The summed E-state index contributed by atoms with van der Waals surface area (Å²) in [6.45, 7) is 3.79. The topological polar surface area (TPSA) is 87.3 Å². The lowest BCUT2D eigenvalue weighted by Gasteiger charge is -2.55. The van der Waals surface area contributed by atoms with E-state index >= 15 is 0 Å². The molecule has 0 aromatic rings. The van der Waals surface area contributed by atoms with E-state index in [9.17, 15) is 14.4 Å². The predicted molar refractivity (Wildman–Crippen MR) is 89.4 cm³/mol. The molecule has 4 aliphatic carbocycles. The number of nitrogens with one attached hydrogen (secondary N) is 3. The highest BCUT2D eigenvalue weighted by Gasteiger charge is 2.54. The van der Waals surface area contributed by atoms with Crippen molar-refractivity contribution in [2.75, 3.05) is 6.54 Å². The minimum atomic E-state index is -0.384. The van der Waals surface area contributed by atoms with Crippen LogP contribution in [0.1, 0.15) is 58.8 Å². The summed E-state index contributed by atoms with van der Waals surface area (Å²) in [4.78, 5) is 36.0. The van der Waals surface area contributed by atoms with Crippen molar-refractivity contribution >= 4 is 17.7 Å². The Kier molecular flexibility index (Phi) is 4.83. The van der Waals surface area contributed by atoms with Crippen molar-refractivity contribution in [1.82, 2.24) is 16.2 Å². The molecule has 6 nitrogen and oxygen atoms in total. The van der Waals surface area contributed by atoms with Gasteiger partial charge in [0, 0.05) is 11.8 Å². The number of hydrogen-bond donors (Lipinski definition) is 3. The Bertz CT molecular complexity index is 494. The van der Waals surface area contributed by atoms with Crippen molar-refractivity contribution < 1.29 is 14.4 Å². The largest absolute Gasteiger partial charge is 0.346 e. The van der Waals surface area contributed by atoms with Crippen LogP contribution in [0, 0.1) is 29.1 Å². The molecule has 24 heavy (non-hydrogen) atoms. The van der Waals surface area contributed by atoms with Crippen LogP contribution in [-0.4, -0.2) is 24.3 Å². The molecule has 3 N–H and O–H groups in total. The van der Waals surface area contributed by atoms with Gasteiger partial charge in [-0.05, 0) is 62.2 Å². The number of hydrogen-bond acceptors (Lipinski definition) is 3. The van der Waals surface area contributed by atoms with Gasteiger partial charge in [-0.25, -0.2) is 0 Å². The number of rotatable bonds is 5. The molecule has 134 valence electrons. The van der Waals surface area contributed by atoms with E-state index in [4.69, 9.17) is 0 Å². The van der Waals surface area contributed by atoms with Crippen LogP contribution in [0.3, 0.4) is 0 Å². The average molecular weight is 335 g/mol. The van der Waals surface area contributed by atoms with E-state index in [-0.39, 0.29) is 35.6 Å². The third-order valence-electron chi connectivity index (χ3n) is 5.86. The molecule has 0 aliphatic heterocycles. The van der Waals surface area contributed by atoms with Gasteiger partial charge >= 0.3 is 0 Å². The van der Waals surface area contributed by atoms with Gasteiger partial charge in [0.25, 0.3) is 5.91 Å². The van der Waals surface area contributed by atoms with Crippen molar-refractivity contribution in [3.63, 3.8) is 0 Å². The summed E-state index contributed by atoms with van der Waals surface area (Å²) in [7, 11) is 0. The lowest BCUT2D eigenvalue weighted by molar-refractivity contribution is -0.147. The summed E-state index contributed by atoms with van der Waals surface area (Å²) in [5.74, 6) is 1.77. The highest BCUT2D eigenvalue weighted by Crippen LogP contribution is 2.60. The molecule has 4 aliphatic rings. The molecule has 4 fully saturated rings. The summed E-state index contributed by atoms with van der Waals surface area (Å²) in [5.41, 5.74) is 4.51. The maximum Gasteiger partial charge on any atom is 0.257 e. The molecule has 0 spiro atoms. The van der Waals surface area contributed by atoms with E-state index in [1.807, 2.05) is 13.8 Å². The zero-order chi connectivity index (χ0) is 17.3. The first kappa shape index (κ1) is 17.2. The van der Waals surface area contributed by atoms with Crippen LogP contribution in [0.2, 0.25) is 0 Å². The SMILES string of the molecule is CC(C)CC(=O)NNC(=O)CNC(=O)C12CC3CC(CC(C3)C1)C2. The Morgan fingerprint density at radius 1 is 0.917 bits per heavy atom. The monoisotopic (exact) mass is 335 g/mol. The Morgan fingerprint density at radius 2 is 1.42 bits per heavy atom. The smallest absolute Gasteiger partial charge is 0.257 e. The van der Waals surface area contributed by atoms with Crippen LogP contribution < -0.4 is 16.2 Å². The first-order valence-electron chi connectivity index (χ1n) is 9.22. The van der Waals surface area contributed by atoms with Crippen LogP contribution >= 0.6 is 0 Å². The second-order valence-corrected chi connectivity index (χ2v) is 8.57. The molecule has 0 heterocycles. The molecule has 0 aromatic carbocycles. The Balaban J connectivity index is 1.44. The van der Waals surface area contributed by atoms with E-state index < -0.39 is 0 Å². The molecule has 6 heteroatoms. The second-order valence-electron chi connectivity index (χ2n) is 8.57. The van der Waals surface area contributed by atoms with Gasteiger partial charge in [-0.15, -0.1) is 0 Å². The van der Waals surface area contributed by atoms with Crippen molar-refractivity contribution in [2.24, 2.45) is 29.1 Å². The number of amides is 3. The quantitative estimate of drug-likeness (QED) is 0.666. The van der Waals surface area contributed by atoms with Crippen LogP contribution in [0.25, 0.3) is 0 Å². The molecule has 0 radical (unpaired) electrons. The van der Waals surface area contributed by atoms with Gasteiger partial charge in [-0.1, -0.05) is 13.8 Å². The molecule has 4 rings (SSSR count). The maximum atomic E-state index is 12.7. The molecule has 0 saturated heterocycles. The fourth-order valence-electron chi connectivity index (χ4n) is 5.34.